The first kappa shape index (κ1) is 20.0. The third kappa shape index (κ3) is 4.66. The second-order valence-corrected chi connectivity index (χ2v) is 8.46. The molecule has 0 bridgehead atoms. The molecular formula is C21H27N5O2S. The molecule has 7 nitrogen and oxygen atoms in total. The maximum Gasteiger partial charge on any atom is 0.264 e. The van der Waals surface area contributed by atoms with Gasteiger partial charge in [0.25, 0.3) is 5.91 Å². The summed E-state index contributed by atoms with van der Waals surface area (Å²) in [5, 5.41) is 5.51. The lowest BCUT2D eigenvalue weighted by atomic mass is 10.2. The molecule has 1 amide bonds. The molecule has 0 aromatic carbocycles. The third-order valence-corrected chi connectivity index (χ3v) is 6.51. The zero-order valence-electron chi connectivity index (χ0n) is 17.0. The highest BCUT2D eigenvalue weighted by atomic mass is 32.1. The van der Waals surface area contributed by atoms with E-state index in [0.717, 1.165) is 72.2 Å². The van der Waals surface area contributed by atoms with Crippen molar-refractivity contribution in [2.24, 2.45) is 7.05 Å². The van der Waals surface area contributed by atoms with Gasteiger partial charge in [-0.25, -0.2) is 0 Å². The molecule has 1 saturated heterocycles. The highest BCUT2D eigenvalue weighted by molar-refractivity contribution is 7.20. The maximum atomic E-state index is 13.4. The van der Waals surface area contributed by atoms with Crippen LogP contribution in [0.5, 0.6) is 0 Å². The number of hydrogen-bond donors (Lipinski definition) is 0. The molecule has 0 radical (unpaired) electrons. The summed E-state index contributed by atoms with van der Waals surface area (Å²) in [6, 6.07) is 5.94. The third-order valence-electron chi connectivity index (χ3n) is 5.32. The average molecular weight is 414 g/mol. The fourth-order valence-corrected chi connectivity index (χ4v) is 4.83. The molecule has 0 atom stereocenters. The number of fused-ring (bicyclic) bond motifs is 1. The highest BCUT2D eigenvalue weighted by Crippen LogP contribution is 2.29. The summed E-state index contributed by atoms with van der Waals surface area (Å²) in [4.78, 5) is 23.7. The molecule has 8 heteroatoms. The summed E-state index contributed by atoms with van der Waals surface area (Å²) in [5.74, 6) is 0.0874. The van der Waals surface area contributed by atoms with Crippen LogP contribution in [0.1, 0.15) is 27.3 Å². The lowest BCUT2D eigenvalue weighted by molar-refractivity contribution is 0.0356. The molecule has 0 spiro atoms. The van der Waals surface area contributed by atoms with Crippen LogP contribution in [0.15, 0.2) is 30.6 Å². The number of rotatable bonds is 7. The van der Waals surface area contributed by atoms with Gasteiger partial charge >= 0.3 is 0 Å². The number of thiophene rings is 1. The standard InChI is InChI=1S/C21H27N5O2S/c1-16-18-14-19(29-21(18)24(2)23-16)20(27)26(15-17-4-6-22-7-5-17)9-3-8-25-10-12-28-13-11-25/h4-7,14H,3,8-13,15H2,1-2H3. The molecule has 3 aromatic rings. The Balaban J connectivity index is 1.49. The van der Waals surface area contributed by atoms with Crippen LogP contribution in [-0.2, 0) is 18.3 Å². The molecule has 1 aliphatic rings. The molecule has 0 saturated carbocycles. The molecule has 154 valence electrons. The molecule has 4 heterocycles. The Morgan fingerprint density at radius 1 is 1.28 bits per heavy atom. The lowest BCUT2D eigenvalue weighted by Crippen LogP contribution is -2.39. The van der Waals surface area contributed by atoms with Gasteiger partial charge < -0.3 is 9.64 Å². The minimum atomic E-state index is 0.0874. The Bertz CT molecular complexity index is 928. The quantitative estimate of drug-likeness (QED) is 0.596. The smallest absolute Gasteiger partial charge is 0.264 e. The van der Waals surface area contributed by atoms with Crippen molar-refractivity contribution >= 4 is 27.5 Å². The molecule has 29 heavy (non-hydrogen) atoms. The first-order valence-electron chi connectivity index (χ1n) is 10.0. The van der Waals surface area contributed by atoms with E-state index in [9.17, 15) is 4.79 Å². The van der Waals surface area contributed by atoms with E-state index >= 15 is 0 Å². The molecule has 0 aliphatic carbocycles. The number of aromatic nitrogens is 3. The van der Waals surface area contributed by atoms with Gasteiger partial charge in [0, 0.05) is 57.6 Å². The second kappa shape index (κ2) is 9.02. The first-order chi connectivity index (χ1) is 14.1. The summed E-state index contributed by atoms with van der Waals surface area (Å²) in [5.41, 5.74) is 2.06. The molecular weight excluding hydrogens is 386 g/mol. The van der Waals surface area contributed by atoms with Crippen molar-refractivity contribution in [3.05, 3.63) is 46.7 Å². The number of nitrogens with zero attached hydrogens (tertiary/aromatic N) is 5. The topological polar surface area (TPSA) is 63.5 Å². The molecule has 1 fully saturated rings. The van der Waals surface area contributed by atoms with E-state index in [-0.39, 0.29) is 5.91 Å². The van der Waals surface area contributed by atoms with Gasteiger partial charge in [-0.05, 0) is 37.1 Å². The van der Waals surface area contributed by atoms with Gasteiger partial charge in [-0.3, -0.25) is 19.4 Å². The van der Waals surface area contributed by atoms with Gasteiger partial charge in [0.05, 0.1) is 23.8 Å². The van der Waals surface area contributed by atoms with Crippen LogP contribution in [0.25, 0.3) is 10.2 Å². The van der Waals surface area contributed by atoms with E-state index in [0.29, 0.717) is 6.54 Å². The summed E-state index contributed by atoms with van der Waals surface area (Å²) < 4.78 is 7.28. The maximum absolute atomic E-state index is 13.4. The number of carbonyl (C=O) groups is 1. The van der Waals surface area contributed by atoms with Gasteiger partial charge in [-0.15, -0.1) is 11.3 Å². The Kier molecular flexibility index (Phi) is 6.22. The van der Waals surface area contributed by atoms with E-state index in [1.54, 1.807) is 12.4 Å². The first-order valence-corrected chi connectivity index (χ1v) is 10.8. The Hall–Kier alpha value is -2.29. The summed E-state index contributed by atoms with van der Waals surface area (Å²) in [7, 11) is 1.93. The monoisotopic (exact) mass is 413 g/mol. The number of morpholine rings is 1. The van der Waals surface area contributed by atoms with Crippen molar-refractivity contribution in [1.29, 1.82) is 0 Å². The second-order valence-electron chi connectivity index (χ2n) is 7.43. The number of hydrogen-bond acceptors (Lipinski definition) is 6. The van der Waals surface area contributed by atoms with Crippen molar-refractivity contribution in [3.63, 3.8) is 0 Å². The Labute approximate surface area is 174 Å². The van der Waals surface area contributed by atoms with E-state index < -0.39 is 0 Å². The van der Waals surface area contributed by atoms with Crippen LogP contribution in [-0.4, -0.2) is 69.9 Å². The van der Waals surface area contributed by atoms with E-state index in [4.69, 9.17) is 4.74 Å². The van der Waals surface area contributed by atoms with Gasteiger partial charge in [0.2, 0.25) is 0 Å². The minimum absolute atomic E-state index is 0.0874. The van der Waals surface area contributed by atoms with Crippen molar-refractivity contribution in [2.45, 2.75) is 19.9 Å². The molecule has 0 N–H and O–H groups in total. The van der Waals surface area contributed by atoms with Gasteiger partial charge in [-0.1, -0.05) is 0 Å². The predicted molar refractivity (Wildman–Crippen MR) is 114 cm³/mol. The summed E-state index contributed by atoms with van der Waals surface area (Å²) in [6.07, 6.45) is 4.50. The number of aryl methyl sites for hydroxylation is 2. The summed E-state index contributed by atoms with van der Waals surface area (Å²) >= 11 is 1.52. The van der Waals surface area contributed by atoms with Gasteiger partial charge in [-0.2, -0.15) is 5.10 Å². The number of pyridine rings is 1. The largest absolute Gasteiger partial charge is 0.379 e. The van der Waals surface area contributed by atoms with Gasteiger partial charge in [0.15, 0.2) is 0 Å². The van der Waals surface area contributed by atoms with Crippen LogP contribution < -0.4 is 0 Å². The van der Waals surface area contributed by atoms with E-state index in [1.165, 1.54) is 11.3 Å². The number of carbonyl (C=O) groups excluding carboxylic acids is 1. The van der Waals surface area contributed by atoms with Crippen molar-refractivity contribution in [3.8, 4) is 0 Å². The average Bonchev–Trinajstić information content (AvgIpc) is 3.30. The van der Waals surface area contributed by atoms with Crippen molar-refractivity contribution in [2.75, 3.05) is 39.4 Å². The highest BCUT2D eigenvalue weighted by Gasteiger charge is 2.21. The van der Waals surface area contributed by atoms with E-state index in [2.05, 4.69) is 15.0 Å². The van der Waals surface area contributed by atoms with Crippen LogP contribution in [0.4, 0.5) is 0 Å². The number of ether oxygens (including phenoxy) is 1. The zero-order valence-corrected chi connectivity index (χ0v) is 17.8. The van der Waals surface area contributed by atoms with Crippen LogP contribution in [0.2, 0.25) is 0 Å². The number of amides is 1. The lowest BCUT2D eigenvalue weighted by Gasteiger charge is -2.28. The van der Waals surface area contributed by atoms with Gasteiger partial charge in [0.1, 0.15) is 4.83 Å². The van der Waals surface area contributed by atoms with Crippen LogP contribution in [0, 0.1) is 6.92 Å². The van der Waals surface area contributed by atoms with Crippen LogP contribution in [0.3, 0.4) is 0 Å². The Morgan fingerprint density at radius 2 is 2.03 bits per heavy atom. The Morgan fingerprint density at radius 3 is 2.76 bits per heavy atom. The van der Waals surface area contributed by atoms with Crippen molar-refractivity contribution in [1.82, 2.24) is 24.6 Å². The molecule has 1 aliphatic heterocycles. The predicted octanol–water partition coefficient (Wildman–Crippen LogP) is 2.70. The zero-order chi connectivity index (χ0) is 20.2. The fourth-order valence-electron chi connectivity index (χ4n) is 3.74. The normalized spacial score (nSPS) is 15.1. The minimum Gasteiger partial charge on any atom is -0.379 e. The van der Waals surface area contributed by atoms with Crippen LogP contribution >= 0.6 is 11.3 Å². The fraction of sp³-hybridized carbons (Fsp3) is 0.476. The summed E-state index contributed by atoms with van der Waals surface area (Å²) in [6.45, 7) is 7.84. The van der Waals surface area contributed by atoms with E-state index in [1.807, 2.05) is 41.8 Å². The molecule has 4 rings (SSSR count). The SMILES string of the molecule is Cc1nn(C)c2sc(C(=O)N(CCCN3CCOCC3)Cc3ccncc3)cc12. The molecule has 3 aromatic heterocycles. The molecule has 0 unspecified atom stereocenters. The van der Waals surface area contributed by atoms with Crippen molar-refractivity contribution < 1.29 is 9.53 Å².